The molecule has 3 heterocycles. The lowest BCUT2D eigenvalue weighted by molar-refractivity contribution is -0.139. The van der Waals surface area contributed by atoms with E-state index in [4.69, 9.17) is 4.74 Å². The summed E-state index contributed by atoms with van der Waals surface area (Å²) >= 11 is 1.24. The van der Waals surface area contributed by atoms with E-state index in [0.717, 1.165) is 22.6 Å². The quantitative estimate of drug-likeness (QED) is 0.379. The van der Waals surface area contributed by atoms with Crippen LogP contribution in [0.2, 0.25) is 0 Å². The number of fused-ring (bicyclic) bond motifs is 1. The minimum Gasteiger partial charge on any atom is -0.463 e. The number of halogens is 1. The number of benzene rings is 2. The number of carbonyl (C=O) groups excluding carboxylic acids is 1. The van der Waals surface area contributed by atoms with Crippen molar-refractivity contribution in [2.75, 3.05) is 6.61 Å². The predicted molar refractivity (Wildman–Crippen MR) is 140 cm³/mol. The van der Waals surface area contributed by atoms with E-state index in [2.05, 4.69) is 10.1 Å². The Morgan fingerprint density at radius 2 is 1.81 bits per heavy atom. The van der Waals surface area contributed by atoms with Crippen molar-refractivity contribution in [1.29, 1.82) is 0 Å². The summed E-state index contributed by atoms with van der Waals surface area (Å²) in [4.78, 5) is 31.8. The highest BCUT2D eigenvalue weighted by Gasteiger charge is 2.33. The zero-order chi connectivity index (χ0) is 26.3. The standard InChI is InChI=1S/C28H25FN4O3S/c1-5-36-27(35)24-17(3)30-28-32(25(24)19-11-13-20(29)14-12-19)26(34)23(37-28)15-22-16(2)31-33(18(22)4)21-9-7-6-8-10-21/h6-15,25H,5H2,1-4H3/t25-/m1/s1. The summed E-state index contributed by atoms with van der Waals surface area (Å²) in [6.45, 7) is 7.48. The first-order valence-corrected chi connectivity index (χ1v) is 12.7. The molecule has 0 spiro atoms. The Balaban J connectivity index is 1.70. The number of carbonyl (C=O) groups is 1. The van der Waals surface area contributed by atoms with Crippen molar-refractivity contribution in [3.63, 3.8) is 0 Å². The fourth-order valence-corrected chi connectivity index (χ4v) is 5.60. The molecule has 2 aromatic heterocycles. The summed E-state index contributed by atoms with van der Waals surface area (Å²) < 4.78 is 22.8. The number of ether oxygens (including phenoxy) is 1. The van der Waals surface area contributed by atoms with Gasteiger partial charge < -0.3 is 4.74 Å². The smallest absolute Gasteiger partial charge is 0.338 e. The Hall–Kier alpha value is -4.11. The van der Waals surface area contributed by atoms with Gasteiger partial charge in [0, 0.05) is 11.3 Å². The SMILES string of the molecule is CCOC(=O)C1=C(C)N=c2sc(=Cc3c(C)nn(-c4ccccc4)c3C)c(=O)n2[C@@H]1c1ccc(F)cc1. The van der Waals surface area contributed by atoms with Gasteiger partial charge in [0.25, 0.3) is 5.56 Å². The molecule has 0 radical (unpaired) electrons. The average molecular weight is 517 g/mol. The van der Waals surface area contributed by atoms with Crippen LogP contribution in [-0.2, 0) is 9.53 Å². The van der Waals surface area contributed by atoms with Gasteiger partial charge in [0.1, 0.15) is 5.82 Å². The van der Waals surface area contributed by atoms with E-state index in [1.54, 1.807) is 26.0 Å². The van der Waals surface area contributed by atoms with Crippen LogP contribution in [0.3, 0.4) is 0 Å². The highest BCUT2D eigenvalue weighted by atomic mass is 32.1. The van der Waals surface area contributed by atoms with E-state index in [0.29, 0.717) is 20.6 Å². The molecule has 0 aliphatic carbocycles. The number of esters is 1. The second-order valence-corrected chi connectivity index (χ2v) is 9.69. The maximum atomic E-state index is 13.8. The molecule has 0 saturated heterocycles. The molecular weight excluding hydrogens is 491 g/mol. The number of allylic oxidation sites excluding steroid dienone is 1. The van der Waals surface area contributed by atoms with Crippen molar-refractivity contribution >= 4 is 23.4 Å². The fraction of sp³-hybridized carbons (Fsp3) is 0.214. The van der Waals surface area contributed by atoms with Crippen LogP contribution in [0.1, 0.15) is 42.4 Å². The largest absolute Gasteiger partial charge is 0.463 e. The molecule has 0 bridgehead atoms. The van der Waals surface area contributed by atoms with E-state index in [1.165, 1.54) is 28.0 Å². The van der Waals surface area contributed by atoms with Gasteiger partial charge in [0.05, 0.1) is 39.8 Å². The molecule has 0 unspecified atom stereocenters. The highest BCUT2D eigenvalue weighted by Crippen LogP contribution is 2.30. The summed E-state index contributed by atoms with van der Waals surface area (Å²) in [5.41, 5.74) is 4.47. The molecule has 37 heavy (non-hydrogen) atoms. The summed E-state index contributed by atoms with van der Waals surface area (Å²) in [5, 5.41) is 4.68. The third kappa shape index (κ3) is 4.35. The third-order valence-electron chi connectivity index (χ3n) is 6.33. The molecule has 1 aliphatic heterocycles. The highest BCUT2D eigenvalue weighted by molar-refractivity contribution is 7.07. The maximum Gasteiger partial charge on any atom is 0.338 e. The van der Waals surface area contributed by atoms with Crippen molar-refractivity contribution in [2.24, 2.45) is 4.99 Å². The summed E-state index contributed by atoms with van der Waals surface area (Å²) in [5.74, 6) is -0.959. The molecule has 0 fully saturated rings. The van der Waals surface area contributed by atoms with E-state index in [-0.39, 0.29) is 17.7 Å². The van der Waals surface area contributed by atoms with E-state index >= 15 is 0 Å². The van der Waals surface area contributed by atoms with Gasteiger partial charge in [-0.1, -0.05) is 41.7 Å². The fourth-order valence-electron chi connectivity index (χ4n) is 4.57. The zero-order valence-electron chi connectivity index (χ0n) is 20.9. The molecule has 188 valence electrons. The molecule has 1 aliphatic rings. The van der Waals surface area contributed by atoms with Crippen molar-refractivity contribution < 1.29 is 13.9 Å². The van der Waals surface area contributed by atoms with Crippen LogP contribution in [-0.4, -0.2) is 26.9 Å². The predicted octanol–water partition coefficient (Wildman–Crippen LogP) is 3.74. The third-order valence-corrected chi connectivity index (χ3v) is 7.31. The Kier molecular flexibility index (Phi) is 6.47. The van der Waals surface area contributed by atoms with Crippen molar-refractivity contribution in [1.82, 2.24) is 14.3 Å². The van der Waals surface area contributed by atoms with Crippen LogP contribution in [0.15, 0.2) is 75.7 Å². The number of para-hydroxylation sites is 1. The average Bonchev–Trinajstić information content (AvgIpc) is 3.34. The van der Waals surface area contributed by atoms with Gasteiger partial charge in [-0.25, -0.2) is 18.9 Å². The Morgan fingerprint density at radius 1 is 1.11 bits per heavy atom. The van der Waals surface area contributed by atoms with Gasteiger partial charge in [-0.3, -0.25) is 9.36 Å². The van der Waals surface area contributed by atoms with Crippen LogP contribution in [0.5, 0.6) is 0 Å². The van der Waals surface area contributed by atoms with Gasteiger partial charge in [-0.05, 0) is 63.6 Å². The van der Waals surface area contributed by atoms with Crippen molar-refractivity contribution in [3.05, 3.63) is 114 Å². The first kappa shape index (κ1) is 24.6. The lowest BCUT2D eigenvalue weighted by Gasteiger charge is -2.24. The van der Waals surface area contributed by atoms with Gasteiger partial charge in [-0.15, -0.1) is 0 Å². The van der Waals surface area contributed by atoms with Crippen molar-refractivity contribution in [2.45, 2.75) is 33.7 Å². The number of aromatic nitrogens is 3. The van der Waals surface area contributed by atoms with E-state index in [1.807, 2.05) is 54.9 Å². The van der Waals surface area contributed by atoms with Crippen molar-refractivity contribution in [3.8, 4) is 5.69 Å². The number of rotatable bonds is 5. The van der Waals surface area contributed by atoms with Gasteiger partial charge >= 0.3 is 5.97 Å². The van der Waals surface area contributed by atoms with Crippen LogP contribution in [0, 0.1) is 19.7 Å². The summed E-state index contributed by atoms with van der Waals surface area (Å²) in [6, 6.07) is 14.8. The van der Waals surface area contributed by atoms with E-state index in [9.17, 15) is 14.0 Å². The van der Waals surface area contributed by atoms with Crippen LogP contribution in [0.4, 0.5) is 4.39 Å². The number of thiazole rings is 1. The number of hydrogen-bond acceptors (Lipinski definition) is 6. The molecule has 4 aromatic rings. The first-order valence-electron chi connectivity index (χ1n) is 11.9. The Labute approximate surface area is 216 Å². The normalized spacial score (nSPS) is 15.5. The monoisotopic (exact) mass is 516 g/mol. The van der Waals surface area contributed by atoms with Gasteiger partial charge in [0.15, 0.2) is 4.80 Å². The van der Waals surface area contributed by atoms with Crippen LogP contribution < -0.4 is 14.9 Å². The molecule has 7 nitrogen and oxygen atoms in total. The maximum absolute atomic E-state index is 13.8. The molecule has 1 atom stereocenters. The summed E-state index contributed by atoms with van der Waals surface area (Å²) in [6.07, 6.45) is 1.83. The van der Waals surface area contributed by atoms with Gasteiger partial charge in [0.2, 0.25) is 0 Å². The second kappa shape index (κ2) is 9.74. The first-order chi connectivity index (χ1) is 17.8. The lowest BCUT2D eigenvalue weighted by atomic mass is 9.96. The molecule has 0 N–H and O–H groups in total. The van der Waals surface area contributed by atoms with Crippen LogP contribution >= 0.6 is 11.3 Å². The summed E-state index contributed by atoms with van der Waals surface area (Å²) in [7, 11) is 0. The molecular formula is C28H25FN4O3S. The number of hydrogen-bond donors (Lipinski definition) is 0. The molecule has 0 amide bonds. The minimum absolute atomic E-state index is 0.181. The van der Waals surface area contributed by atoms with Gasteiger partial charge in [-0.2, -0.15) is 5.10 Å². The topological polar surface area (TPSA) is 78.5 Å². The number of nitrogens with zero attached hydrogens (tertiary/aromatic N) is 4. The van der Waals surface area contributed by atoms with E-state index < -0.39 is 17.8 Å². The molecule has 0 saturated carbocycles. The Morgan fingerprint density at radius 3 is 2.49 bits per heavy atom. The lowest BCUT2D eigenvalue weighted by Crippen LogP contribution is -2.40. The minimum atomic E-state index is -0.785. The Bertz CT molecular complexity index is 1710. The molecule has 2 aromatic carbocycles. The molecule has 5 rings (SSSR count). The second-order valence-electron chi connectivity index (χ2n) is 8.69. The van der Waals surface area contributed by atoms with Crippen LogP contribution in [0.25, 0.3) is 11.8 Å². The zero-order valence-corrected chi connectivity index (χ0v) is 21.7. The number of aryl methyl sites for hydroxylation is 1. The molecule has 9 heteroatoms.